The van der Waals surface area contributed by atoms with Crippen molar-refractivity contribution in [2.45, 2.75) is 12.8 Å². The van der Waals surface area contributed by atoms with Crippen LogP contribution in [0.15, 0.2) is 81.2 Å². The molecule has 1 aliphatic carbocycles. The molecule has 0 bridgehead atoms. The minimum Gasteiger partial charge on any atom is -0.422 e. The van der Waals surface area contributed by atoms with E-state index < -0.39 is 5.63 Å². The summed E-state index contributed by atoms with van der Waals surface area (Å²) >= 11 is 0. The number of nitrogens with zero attached hydrogens (tertiary/aromatic N) is 3. The van der Waals surface area contributed by atoms with Gasteiger partial charge in [0.1, 0.15) is 11.3 Å². The van der Waals surface area contributed by atoms with Gasteiger partial charge < -0.3 is 4.42 Å². The van der Waals surface area contributed by atoms with E-state index in [9.17, 15) is 9.59 Å². The Morgan fingerprint density at radius 3 is 2.70 bits per heavy atom. The monoisotopic (exact) mass is 398 g/mol. The topological polar surface area (TPSA) is 89.5 Å². The number of carbonyl (C=O) groups is 1. The van der Waals surface area contributed by atoms with Gasteiger partial charge in [0.05, 0.1) is 17.5 Å². The molecule has 1 saturated carbocycles. The summed E-state index contributed by atoms with van der Waals surface area (Å²) in [6.07, 6.45) is 5.08. The molecular weight excluding hydrogens is 380 g/mol. The third kappa shape index (κ3) is 3.53. The van der Waals surface area contributed by atoms with Gasteiger partial charge in [-0.25, -0.2) is 14.9 Å². The summed E-state index contributed by atoms with van der Waals surface area (Å²) in [5, 5.41) is 9.49. The first kappa shape index (κ1) is 18.1. The molecule has 7 nitrogen and oxygen atoms in total. The summed E-state index contributed by atoms with van der Waals surface area (Å²) in [5.41, 5.74) is 4.79. The van der Waals surface area contributed by atoms with E-state index in [2.05, 4.69) is 15.6 Å². The van der Waals surface area contributed by atoms with Gasteiger partial charge in [-0.3, -0.25) is 4.79 Å². The Morgan fingerprint density at radius 1 is 1.13 bits per heavy atom. The van der Waals surface area contributed by atoms with Crippen molar-refractivity contribution in [3.8, 4) is 16.9 Å². The van der Waals surface area contributed by atoms with Crippen molar-refractivity contribution in [3.05, 3.63) is 82.8 Å². The quantitative estimate of drug-likeness (QED) is 0.316. The van der Waals surface area contributed by atoms with Gasteiger partial charge in [0.15, 0.2) is 0 Å². The average Bonchev–Trinajstić information content (AvgIpc) is 3.54. The number of benzene rings is 2. The van der Waals surface area contributed by atoms with Crippen LogP contribution in [0, 0.1) is 5.92 Å². The minimum atomic E-state index is -0.483. The SMILES string of the molecule is O=C(N/N=C\c1cn(-c2ccccc2)nc1-c1cc2ccccc2oc1=O)C1CC1. The Bertz CT molecular complexity index is 1320. The number of rotatable bonds is 5. The first-order valence-corrected chi connectivity index (χ1v) is 9.70. The summed E-state index contributed by atoms with van der Waals surface area (Å²) in [5.74, 6) is -0.0327. The maximum Gasteiger partial charge on any atom is 0.345 e. The van der Waals surface area contributed by atoms with Crippen LogP contribution >= 0.6 is 0 Å². The van der Waals surface area contributed by atoms with Crippen molar-refractivity contribution < 1.29 is 9.21 Å². The first-order valence-electron chi connectivity index (χ1n) is 9.70. The second-order valence-corrected chi connectivity index (χ2v) is 7.21. The molecule has 0 spiro atoms. The molecule has 148 valence electrons. The lowest BCUT2D eigenvalue weighted by Crippen LogP contribution is -2.19. The highest BCUT2D eigenvalue weighted by Crippen LogP contribution is 2.28. The van der Waals surface area contributed by atoms with Crippen LogP contribution in [0.4, 0.5) is 0 Å². The Labute approximate surface area is 171 Å². The molecule has 2 aromatic heterocycles. The smallest absolute Gasteiger partial charge is 0.345 e. The van der Waals surface area contributed by atoms with E-state index in [-0.39, 0.29) is 11.8 Å². The Balaban J connectivity index is 1.59. The molecule has 0 radical (unpaired) electrons. The average molecular weight is 398 g/mol. The number of hydrazone groups is 1. The van der Waals surface area contributed by atoms with Gasteiger partial charge in [-0.1, -0.05) is 36.4 Å². The van der Waals surface area contributed by atoms with E-state index in [1.807, 2.05) is 48.5 Å². The maximum atomic E-state index is 12.7. The molecule has 0 unspecified atom stereocenters. The molecule has 1 aliphatic rings. The van der Waals surface area contributed by atoms with Crippen molar-refractivity contribution in [2.24, 2.45) is 11.0 Å². The van der Waals surface area contributed by atoms with Gasteiger partial charge in [0.2, 0.25) is 5.91 Å². The summed E-state index contributed by atoms with van der Waals surface area (Å²) in [6, 6.07) is 18.6. The lowest BCUT2D eigenvalue weighted by molar-refractivity contribution is -0.122. The highest BCUT2D eigenvalue weighted by Gasteiger charge is 2.29. The molecule has 1 amide bonds. The number of para-hydroxylation sites is 2. The molecule has 0 saturated heterocycles. The predicted molar refractivity (Wildman–Crippen MR) is 114 cm³/mol. The number of fused-ring (bicyclic) bond motifs is 1. The minimum absolute atomic E-state index is 0.0567. The fourth-order valence-corrected chi connectivity index (χ4v) is 3.23. The molecule has 5 rings (SSSR count). The maximum absolute atomic E-state index is 12.7. The second kappa shape index (κ2) is 7.44. The van der Waals surface area contributed by atoms with Crippen LogP contribution in [0.3, 0.4) is 0 Å². The number of amides is 1. The van der Waals surface area contributed by atoms with E-state index in [0.717, 1.165) is 23.9 Å². The lowest BCUT2D eigenvalue weighted by atomic mass is 10.1. The molecule has 1 fully saturated rings. The van der Waals surface area contributed by atoms with Gasteiger partial charge in [-0.2, -0.15) is 10.2 Å². The van der Waals surface area contributed by atoms with Crippen LogP contribution in [-0.2, 0) is 4.79 Å². The van der Waals surface area contributed by atoms with Crippen LogP contribution in [0.1, 0.15) is 18.4 Å². The Morgan fingerprint density at radius 2 is 1.90 bits per heavy atom. The van der Waals surface area contributed by atoms with Gasteiger partial charge in [0, 0.05) is 23.1 Å². The molecule has 7 heteroatoms. The molecule has 4 aromatic rings. The number of hydrogen-bond donors (Lipinski definition) is 1. The van der Waals surface area contributed by atoms with Crippen molar-refractivity contribution in [1.29, 1.82) is 0 Å². The third-order valence-corrected chi connectivity index (χ3v) is 4.99. The van der Waals surface area contributed by atoms with Crippen molar-refractivity contribution in [3.63, 3.8) is 0 Å². The summed E-state index contributed by atoms with van der Waals surface area (Å²) in [4.78, 5) is 24.5. The van der Waals surface area contributed by atoms with E-state index in [1.165, 1.54) is 6.21 Å². The van der Waals surface area contributed by atoms with Crippen molar-refractivity contribution in [2.75, 3.05) is 0 Å². The second-order valence-electron chi connectivity index (χ2n) is 7.21. The Hall–Kier alpha value is -4.00. The third-order valence-electron chi connectivity index (χ3n) is 4.99. The number of nitrogens with one attached hydrogen (secondary N) is 1. The standard InChI is InChI=1S/C23H18N4O3/c28-22(15-10-11-15)25-24-13-17-14-27(18-7-2-1-3-8-18)26-21(17)19-12-16-6-4-5-9-20(16)30-23(19)29/h1-9,12-15H,10-11H2,(H,25,28)/b24-13-. The van der Waals surface area contributed by atoms with Crippen molar-refractivity contribution in [1.82, 2.24) is 15.2 Å². The molecule has 2 heterocycles. The number of aromatic nitrogens is 2. The fourth-order valence-electron chi connectivity index (χ4n) is 3.23. The van der Waals surface area contributed by atoms with Crippen LogP contribution < -0.4 is 11.1 Å². The van der Waals surface area contributed by atoms with Gasteiger partial charge in [-0.15, -0.1) is 0 Å². The lowest BCUT2D eigenvalue weighted by Gasteiger charge is -2.01. The van der Waals surface area contributed by atoms with E-state index in [0.29, 0.717) is 22.4 Å². The largest absolute Gasteiger partial charge is 0.422 e. The van der Waals surface area contributed by atoms with Crippen LogP contribution in [-0.4, -0.2) is 21.9 Å². The molecule has 1 N–H and O–H groups in total. The molecule has 2 aromatic carbocycles. The van der Waals surface area contributed by atoms with E-state index >= 15 is 0 Å². The predicted octanol–water partition coefficient (Wildman–Crippen LogP) is 3.51. The van der Waals surface area contributed by atoms with E-state index in [4.69, 9.17) is 4.42 Å². The van der Waals surface area contributed by atoms with Crippen LogP contribution in [0.5, 0.6) is 0 Å². The van der Waals surface area contributed by atoms with Crippen molar-refractivity contribution >= 4 is 23.1 Å². The van der Waals surface area contributed by atoms with Crippen LogP contribution in [0.2, 0.25) is 0 Å². The molecule has 0 aliphatic heterocycles. The zero-order valence-corrected chi connectivity index (χ0v) is 16.0. The zero-order valence-electron chi connectivity index (χ0n) is 16.0. The fraction of sp³-hybridized carbons (Fsp3) is 0.130. The summed E-state index contributed by atoms with van der Waals surface area (Å²) < 4.78 is 7.16. The zero-order chi connectivity index (χ0) is 20.5. The number of hydrogen-bond acceptors (Lipinski definition) is 5. The van der Waals surface area contributed by atoms with Gasteiger partial charge in [-0.05, 0) is 37.1 Å². The number of carbonyl (C=O) groups excluding carboxylic acids is 1. The highest BCUT2D eigenvalue weighted by molar-refractivity contribution is 5.91. The van der Waals surface area contributed by atoms with Crippen LogP contribution in [0.25, 0.3) is 27.9 Å². The van der Waals surface area contributed by atoms with Gasteiger partial charge in [0.25, 0.3) is 0 Å². The normalized spacial score (nSPS) is 13.7. The summed E-state index contributed by atoms with van der Waals surface area (Å²) in [6.45, 7) is 0. The molecule has 30 heavy (non-hydrogen) atoms. The molecular formula is C23H18N4O3. The first-order chi connectivity index (χ1) is 14.7. The van der Waals surface area contributed by atoms with E-state index in [1.54, 1.807) is 23.0 Å². The Kier molecular flexibility index (Phi) is 4.48. The van der Waals surface area contributed by atoms with Gasteiger partial charge >= 0.3 is 5.63 Å². The molecule has 0 atom stereocenters. The summed E-state index contributed by atoms with van der Waals surface area (Å²) in [7, 11) is 0. The highest BCUT2D eigenvalue weighted by atomic mass is 16.4.